The van der Waals surface area contributed by atoms with Crippen LogP contribution in [0, 0.1) is 0 Å². The Balaban J connectivity index is 2.08. The molecular weight excluding hydrogens is 264 g/mol. The highest BCUT2D eigenvalue weighted by atomic mass is 16.5. The summed E-state index contributed by atoms with van der Waals surface area (Å²) >= 11 is 0. The Kier molecular flexibility index (Phi) is 5.76. The van der Waals surface area contributed by atoms with Crippen molar-refractivity contribution in [3.63, 3.8) is 0 Å². The van der Waals surface area contributed by atoms with Gasteiger partial charge in [-0.2, -0.15) is 0 Å². The SMILES string of the molecule is CCNC(CN1CCOCC1=O)c1ccc(C(C)C)cc1. The number of ether oxygens (including phenoxy) is 1. The number of benzene rings is 1. The molecular formula is C17H26N2O2. The molecule has 1 aliphatic rings. The van der Waals surface area contributed by atoms with Crippen molar-refractivity contribution in [3.8, 4) is 0 Å². The molecule has 1 atom stereocenters. The van der Waals surface area contributed by atoms with Gasteiger partial charge in [0.05, 0.1) is 6.61 Å². The average Bonchev–Trinajstić information content (AvgIpc) is 2.49. The summed E-state index contributed by atoms with van der Waals surface area (Å²) in [6.07, 6.45) is 0. The summed E-state index contributed by atoms with van der Waals surface area (Å²) in [5.74, 6) is 0.625. The number of rotatable bonds is 6. The number of nitrogens with zero attached hydrogens (tertiary/aromatic N) is 1. The predicted molar refractivity (Wildman–Crippen MR) is 84.3 cm³/mol. The first-order valence-electron chi connectivity index (χ1n) is 7.80. The van der Waals surface area contributed by atoms with Gasteiger partial charge in [0.1, 0.15) is 6.61 Å². The molecule has 1 fully saturated rings. The maximum absolute atomic E-state index is 11.9. The third kappa shape index (κ3) is 4.29. The van der Waals surface area contributed by atoms with Crippen LogP contribution in [0.2, 0.25) is 0 Å². The van der Waals surface area contributed by atoms with Crippen LogP contribution in [0.3, 0.4) is 0 Å². The molecule has 0 radical (unpaired) electrons. The van der Waals surface area contributed by atoms with E-state index in [1.165, 1.54) is 11.1 Å². The predicted octanol–water partition coefficient (Wildman–Crippen LogP) is 2.32. The summed E-state index contributed by atoms with van der Waals surface area (Å²) in [7, 11) is 0. The first kappa shape index (κ1) is 16.0. The second kappa shape index (κ2) is 7.57. The Morgan fingerprint density at radius 2 is 1.90 bits per heavy atom. The summed E-state index contributed by atoms with van der Waals surface area (Å²) in [6.45, 7) is 9.61. The molecule has 1 amide bonds. The van der Waals surface area contributed by atoms with Gasteiger partial charge in [-0.25, -0.2) is 0 Å². The Morgan fingerprint density at radius 3 is 2.48 bits per heavy atom. The van der Waals surface area contributed by atoms with Crippen LogP contribution in [-0.4, -0.2) is 43.7 Å². The largest absolute Gasteiger partial charge is 0.370 e. The van der Waals surface area contributed by atoms with Crippen LogP contribution in [0.25, 0.3) is 0 Å². The van der Waals surface area contributed by atoms with Crippen molar-refractivity contribution in [3.05, 3.63) is 35.4 Å². The van der Waals surface area contributed by atoms with Crippen molar-refractivity contribution in [2.45, 2.75) is 32.7 Å². The highest BCUT2D eigenvalue weighted by Gasteiger charge is 2.22. The van der Waals surface area contributed by atoms with E-state index in [4.69, 9.17) is 4.74 Å². The zero-order valence-electron chi connectivity index (χ0n) is 13.3. The number of carbonyl (C=O) groups excluding carboxylic acids is 1. The summed E-state index contributed by atoms with van der Waals surface area (Å²) < 4.78 is 5.19. The van der Waals surface area contributed by atoms with Gasteiger partial charge in [-0.05, 0) is 23.6 Å². The van der Waals surface area contributed by atoms with Gasteiger partial charge in [-0.1, -0.05) is 45.0 Å². The van der Waals surface area contributed by atoms with Gasteiger partial charge in [0.2, 0.25) is 5.91 Å². The molecule has 4 heteroatoms. The molecule has 116 valence electrons. The lowest BCUT2D eigenvalue weighted by Crippen LogP contribution is -2.45. The van der Waals surface area contributed by atoms with Crippen LogP contribution in [0.5, 0.6) is 0 Å². The summed E-state index contributed by atoms with van der Waals surface area (Å²) in [6, 6.07) is 8.90. The van der Waals surface area contributed by atoms with Gasteiger partial charge >= 0.3 is 0 Å². The molecule has 21 heavy (non-hydrogen) atoms. The second-order valence-electron chi connectivity index (χ2n) is 5.82. The van der Waals surface area contributed by atoms with Crippen LogP contribution >= 0.6 is 0 Å². The van der Waals surface area contributed by atoms with Crippen LogP contribution in [0.1, 0.15) is 43.9 Å². The fraction of sp³-hybridized carbons (Fsp3) is 0.588. The molecule has 2 rings (SSSR count). The van der Waals surface area contributed by atoms with Gasteiger partial charge in [0.15, 0.2) is 0 Å². The molecule has 1 aliphatic heterocycles. The topological polar surface area (TPSA) is 41.6 Å². The van der Waals surface area contributed by atoms with E-state index in [-0.39, 0.29) is 18.6 Å². The Morgan fingerprint density at radius 1 is 1.24 bits per heavy atom. The van der Waals surface area contributed by atoms with Crippen LogP contribution in [-0.2, 0) is 9.53 Å². The van der Waals surface area contributed by atoms with E-state index in [1.807, 2.05) is 4.90 Å². The fourth-order valence-corrected chi connectivity index (χ4v) is 2.61. The van der Waals surface area contributed by atoms with E-state index in [1.54, 1.807) is 0 Å². The number of hydrogen-bond acceptors (Lipinski definition) is 3. The van der Waals surface area contributed by atoms with E-state index in [0.29, 0.717) is 25.6 Å². The number of likely N-dealkylation sites (N-methyl/N-ethyl adjacent to an activating group) is 1. The van der Waals surface area contributed by atoms with Crippen molar-refractivity contribution >= 4 is 5.91 Å². The third-order valence-electron chi connectivity index (χ3n) is 3.94. The Bertz CT molecular complexity index is 456. The smallest absolute Gasteiger partial charge is 0.248 e. The molecule has 1 aromatic carbocycles. The monoisotopic (exact) mass is 290 g/mol. The lowest BCUT2D eigenvalue weighted by atomic mass is 9.98. The summed E-state index contributed by atoms with van der Waals surface area (Å²) in [5, 5.41) is 3.48. The average molecular weight is 290 g/mol. The van der Waals surface area contributed by atoms with Crippen molar-refractivity contribution in [1.82, 2.24) is 10.2 Å². The molecule has 0 aliphatic carbocycles. The molecule has 0 bridgehead atoms. The summed E-state index contributed by atoms with van der Waals surface area (Å²) in [4.78, 5) is 13.8. The minimum absolute atomic E-state index is 0.0861. The fourth-order valence-electron chi connectivity index (χ4n) is 2.61. The normalized spacial score (nSPS) is 17.3. The van der Waals surface area contributed by atoms with Gasteiger partial charge < -0.3 is 15.0 Å². The standard InChI is InChI=1S/C17H26N2O2/c1-4-18-16(11-19-9-10-21-12-17(19)20)15-7-5-14(6-8-15)13(2)3/h5-8,13,16,18H,4,9-12H2,1-3H3. The zero-order valence-corrected chi connectivity index (χ0v) is 13.3. The minimum atomic E-state index is 0.0861. The quantitative estimate of drug-likeness (QED) is 0.874. The highest BCUT2D eigenvalue weighted by molar-refractivity contribution is 5.78. The van der Waals surface area contributed by atoms with Gasteiger partial charge in [0, 0.05) is 19.1 Å². The van der Waals surface area contributed by atoms with E-state index < -0.39 is 0 Å². The van der Waals surface area contributed by atoms with E-state index in [2.05, 4.69) is 50.4 Å². The Labute approximate surface area is 127 Å². The molecule has 1 N–H and O–H groups in total. The maximum atomic E-state index is 11.9. The molecule has 0 aromatic heterocycles. The first-order chi connectivity index (χ1) is 10.1. The molecule has 1 unspecified atom stereocenters. The first-order valence-corrected chi connectivity index (χ1v) is 7.80. The van der Waals surface area contributed by atoms with Crippen LogP contribution < -0.4 is 5.32 Å². The molecule has 0 saturated carbocycles. The van der Waals surface area contributed by atoms with Gasteiger partial charge in [-0.15, -0.1) is 0 Å². The number of hydrogen-bond donors (Lipinski definition) is 1. The zero-order chi connectivity index (χ0) is 15.2. The molecule has 1 aromatic rings. The van der Waals surface area contributed by atoms with Crippen molar-refractivity contribution in [1.29, 1.82) is 0 Å². The summed E-state index contributed by atoms with van der Waals surface area (Å²) in [5.41, 5.74) is 2.58. The van der Waals surface area contributed by atoms with Crippen LogP contribution in [0.4, 0.5) is 0 Å². The molecule has 1 saturated heterocycles. The van der Waals surface area contributed by atoms with Crippen molar-refractivity contribution in [2.75, 3.05) is 32.8 Å². The lowest BCUT2D eigenvalue weighted by molar-refractivity contribution is -0.143. The Hall–Kier alpha value is -1.39. The second-order valence-corrected chi connectivity index (χ2v) is 5.82. The molecule has 0 spiro atoms. The number of carbonyl (C=O) groups is 1. The number of morpholine rings is 1. The third-order valence-corrected chi connectivity index (χ3v) is 3.94. The maximum Gasteiger partial charge on any atom is 0.248 e. The highest BCUT2D eigenvalue weighted by Crippen LogP contribution is 2.20. The van der Waals surface area contributed by atoms with Crippen LogP contribution in [0.15, 0.2) is 24.3 Å². The van der Waals surface area contributed by atoms with E-state index >= 15 is 0 Å². The number of amides is 1. The van der Waals surface area contributed by atoms with Crippen molar-refractivity contribution < 1.29 is 9.53 Å². The van der Waals surface area contributed by atoms with Gasteiger partial charge in [-0.3, -0.25) is 4.79 Å². The minimum Gasteiger partial charge on any atom is -0.370 e. The van der Waals surface area contributed by atoms with Crippen molar-refractivity contribution in [2.24, 2.45) is 0 Å². The van der Waals surface area contributed by atoms with E-state index in [0.717, 1.165) is 6.54 Å². The number of nitrogens with one attached hydrogen (secondary N) is 1. The van der Waals surface area contributed by atoms with Gasteiger partial charge in [0.25, 0.3) is 0 Å². The molecule has 1 heterocycles. The lowest BCUT2D eigenvalue weighted by Gasteiger charge is -2.31. The van der Waals surface area contributed by atoms with E-state index in [9.17, 15) is 4.79 Å². The molecule has 4 nitrogen and oxygen atoms in total.